The largest absolute Gasteiger partial charge is 0.481 e. The van der Waals surface area contributed by atoms with Gasteiger partial charge in [0.1, 0.15) is 0 Å². The van der Waals surface area contributed by atoms with Crippen LogP contribution in [0.25, 0.3) is 0 Å². The van der Waals surface area contributed by atoms with E-state index in [1.54, 1.807) is 13.0 Å². The van der Waals surface area contributed by atoms with Crippen LogP contribution in [0, 0.1) is 58.7 Å². The Balaban J connectivity index is 1.44. The SMILES string of the molecule is Cc1cc2c(c3c1S(=O)(=O)CC3)C(=O)[C@H]1[C@@H](C2=O)[C@@]23C=C(C(C)C)[C@@H]1C[C@@H]2[C@@]1(C)CCC[C@@](C)(C(=O)O)[C@@H]1CC3. The molecule has 8 atom stereocenters. The van der Waals surface area contributed by atoms with Crippen molar-refractivity contribution in [3.8, 4) is 0 Å². The van der Waals surface area contributed by atoms with Gasteiger partial charge in [-0.15, -0.1) is 0 Å². The van der Waals surface area contributed by atoms with Crippen molar-refractivity contribution >= 4 is 27.4 Å². The minimum atomic E-state index is -3.46. The Labute approximate surface area is 236 Å². The zero-order chi connectivity index (χ0) is 28.7. The summed E-state index contributed by atoms with van der Waals surface area (Å²) < 4.78 is 25.8. The molecule has 1 aromatic carbocycles. The Kier molecular flexibility index (Phi) is 5.29. The first-order chi connectivity index (χ1) is 18.7. The number of ketones is 2. The van der Waals surface area contributed by atoms with E-state index in [4.69, 9.17) is 0 Å². The molecule has 0 unspecified atom stereocenters. The number of hydrogen-bond acceptors (Lipinski definition) is 5. The van der Waals surface area contributed by atoms with Crippen LogP contribution in [0.3, 0.4) is 0 Å². The Morgan fingerprint density at radius 1 is 1.07 bits per heavy atom. The smallest absolute Gasteiger partial charge is 0.309 e. The molecule has 0 saturated heterocycles. The molecule has 1 N–H and O–H groups in total. The van der Waals surface area contributed by atoms with E-state index < -0.39 is 38.5 Å². The van der Waals surface area contributed by atoms with Gasteiger partial charge in [0.2, 0.25) is 0 Å². The van der Waals surface area contributed by atoms with Crippen LogP contribution in [0.15, 0.2) is 22.6 Å². The van der Waals surface area contributed by atoms with E-state index in [0.29, 0.717) is 28.7 Å². The fourth-order valence-electron chi connectivity index (χ4n) is 11.3. The number of carboxylic acids is 1. The minimum Gasteiger partial charge on any atom is -0.481 e. The van der Waals surface area contributed by atoms with E-state index in [9.17, 15) is 27.9 Å². The topological polar surface area (TPSA) is 106 Å². The standard InChI is InChI=1S/C33H40O6S/c1-16(2)21-15-33-11-7-22-31(4,9-6-10-32(22,5)30(36)37)23(33)14-19(21)25-26(33)27(34)20-13-17(3)29-18(24(20)28(25)35)8-12-40(29,38)39/h13,15-16,19,22-23,25-26H,6-12,14H2,1-5H3,(H,36,37)/t19-,22+,23+,25+,26-,31-,32+,33-/m0/s1. The molecule has 2 bridgehead atoms. The van der Waals surface area contributed by atoms with Crippen molar-refractivity contribution < 1.29 is 27.9 Å². The van der Waals surface area contributed by atoms with Gasteiger partial charge in [-0.3, -0.25) is 14.4 Å². The van der Waals surface area contributed by atoms with Crippen molar-refractivity contribution in [2.75, 3.05) is 5.75 Å². The lowest BCUT2D eigenvalue weighted by Crippen LogP contribution is -2.67. The summed E-state index contributed by atoms with van der Waals surface area (Å²) in [5, 5.41) is 10.4. The maximum Gasteiger partial charge on any atom is 0.309 e. The number of hydrogen-bond donors (Lipinski definition) is 1. The first kappa shape index (κ1) is 26.6. The number of carboxylic acid groups (broad SMARTS) is 1. The summed E-state index contributed by atoms with van der Waals surface area (Å²) in [6, 6.07) is 1.68. The molecule has 1 aliphatic heterocycles. The monoisotopic (exact) mass is 564 g/mol. The van der Waals surface area contributed by atoms with Gasteiger partial charge < -0.3 is 5.11 Å². The number of Topliss-reactive ketones (excluding diaryl/α,β-unsaturated/α-hetero) is 2. The van der Waals surface area contributed by atoms with Gasteiger partial charge in [0, 0.05) is 28.4 Å². The molecule has 6 aliphatic carbocycles. The quantitative estimate of drug-likeness (QED) is 0.452. The Bertz CT molecular complexity index is 1550. The third-order valence-electron chi connectivity index (χ3n) is 12.8. The van der Waals surface area contributed by atoms with E-state index in [1.165, 1.54) is 5.57 Å². The fraction of sp³-hybridized carbons (Fsp3) is 0.667. The van der Waals surface area contributed by atoms with Crippen LogP contribution in [0.5, 0.6) is 0 Å². The van der Waals surface area contributed by atoms with Crippen LogP contribution in [0.1, 0.15) is 98.1 Å². The van der Waals surface area contributed by atoms with E-state index in [0.717, 1.165) is 32.1 Å². The molecule has 8 rings (SSSR count). The van der Waals surface area contributed by atoms with Gasteiger partial charge in [0.15, 0.2) is 21.4 Å². The summed E-state index contributed by atoms with van der Waals surface area (Å²) in [7, 11) is -3.46. The molecule has 7 heteroatoms. The molecule has 1 aromatic rings. The normalized spacial score (nSPS) is 42.5. The molecule has 7 aliphatic rings. The van der Waals surface area contributed by atoms with E-state index in [1.807, 2.05) is 6.92 Å². The van der Waals surface area contributed by atoms with Crippen LogP contribution in [0.4, 0.5) is 0 Å². The number of sulfone groups is 1. The van der Waals surface area contributed by atoms with Crippen LogP contribution in [-0.2, 0) is 21.1 Å². The third kappa shape index (κ3) is 2.95. The number of carbonyl (C=O) groups excluding carboxylic acids is 2. The first-order valence-electron chi connectivity index (χ1n) is 15.1. The van der Waals surface area contributed by atoms with Crippen molar-refractivity contribution in [1.29, 1.82) is 0 Å². The molecular weight excluding hydrogens is 524 g/mol. The highest BCUT2D eigenvalue weighted by atomic mass is 32.2. The predicted octanol–water partition coefficient (Wildman–Crippen LogP) is 5.85. The number of aliphatic carboxylic acids is 1. The van der Waals surface area contributed by atoms with Gasteiger partial charge >= 0.3 is 5.97 Å². The lowest BCUT2D eigenvalue weighted by atomic mass is 9.33. The van der Waals surface area contributed by atoms with Gasteiger partial charge in [-0.2, -0.15) is 0 Å². The van der Waals surface area contributed by atoms with Crippen LogP contribution < -0.4 is 0 Å². The molecular formula is C33H40O6S. The summed E-state index contributed by atoms with van der Waals surface area (Å²) in [5.41, 5.74) is 1.72. The molecule has 1 heterocycles. The van der Waals surface area contributed by atoms with Gasteiger partial charge in [0.25, 0.3) is 0 Å². The molecule has 0 amide bonds. The summed E-state index contributed by atoms with van der Waals surface area (Å²) >= 11 is 0. The molecule has 3 saturated carbocycles. The second-order valence-corrected chi connectivity index (χ2v) is 16.7. The average Bonchev–Trinajstić information content (AvgIpc) is 3.21. The summed E-state index contributed by atoms with van der Waals surface area (Å²) in [6.07, 6.45) is 7.43. The lowest BCUT2D eigenvalue weighted by Gasteiger charge is -2.70. The number of fused-ring (bicyclic) bond motifs is 4. The van der Waals surface area contributed by atoms with Gasteiger partial charge in [0.05, 0.1) is 16.1 Å². The van der Waals surface area contributed by atoms with E-state index in [-0.39, 0.29) is 57.7 Å². The Morgan fingerprint density at radius 3 is 2.48 bits per heavy atom. The maximum atomic E-state index is 14.7. The summed E-state index contributed by atoms with van der Waals surface area (Å²) in [4.78, 5) is 42.2. The van der Waals surface area contributed by atoms with Gasteiger partial charge in [-0.05, 0) is 98.7 Å². The minimum absolute atomic E-state index is 0.00223. The fourth-order valence-corrected chi connectivity index (χ4v) is 13.1. The zero-order valence-electron chi connectivity index (χ0n) is 24.2. The highest BCUT2D eigenvalue weighted by Crippen LogP contribution is 2.74. The van der Waals surface area contributed by atoms with Crippen molar-refractivity contribution in [1.82, 2.24) is 0 Å². The number of benzene rings is 1. The second-order valence-electron chi connectivity index (χ2n) is 14.7. The number of allylic oxidation sites excluding steroid dienone is 2. The van der Waals surface area contributed by atoms with Crippen LogP contribution in [-0.4, -0.2) is 36.8 Å². The number of carbonyl (C=O) groups is 3. The summed E-state index contributed by atoms with van der Waals surface area (Å²) in [5.74, 6) is -1.36. The van der Waals surface area contributed by atoms with E-state index >= 15 is 0 Å². The Morgan fingerprint density at radius 2 is 1.80 bits per heavy atom. The van der Waals surface area contributed by atoms with Crippen molar-refractivity contribution in [2.24, 2.45) is 51.8 Å². The highest BCUT2D eigenvalue weighted by molar-refractivity contribution is 7.91. The number of rotatable bonds is 2. The maximum absolute atomic E-state index is 14.7. The summed E-state index contributed by atoms with van der Waals surface area (Å²) in [6.45, 7) is 10.3. The highest BCUT2D eigenvalue weighted by Gasteiger charge is 2.71. The van der Waals surface area contributed by atoms with Crippen molar-refractivity contribution in [2.45, 2.75) is 84.5 Å². The van der Waals surface area contributed by atoms with Gasteiger partial charge in [-0.25, -0.2) is 8.42 Å². The number of aryl methyl sites for hydroxylation is 1. The van der Waals surface area contributed by atoms with Crippen molar-refractivity contribution in [3.63, 3.8) is 0 Å². The lowest BCUT2D eigenvalue weighted by molar-refractivity contribution is -0.189. The molecule has 3 fully saturated rings. The zero-order valence-corrected chi connectivity index (χ0v) is 25.0. The first-order valence-corrected chi connectivity index (χ1v) is 16.8. The molecule has 214 valence electrons. The average molecular weight is 565 g/mol. The Hall–Kier alpha value is -2.28. The molecule has 40 heavy (non-hydrogen) atoms. The predicted molar refractivity (Wildman–Crippen MR) is 150 cm³/mol. The molecule has 0 aromatic heterocycles. The third-order valence-corrected chi connectivity index (χ3v) is 14.7. The van der Waals surface area contributed by atoms with Gasteiger partial charge in [-0.1, -0.05) is 38.8 Å². The molecule has 6 nitrogen and oxygen atoms in total. The second kappa shape index (κ2) is 7.96. The van der Waals surface area contributed by atoms with Crippen LogP contribution >= 0.6 is 0 Å². The molecule has 1 spiro atoms. The van der Waals surface area contributed by atoms with E-state index in [2.05, 4.69) is 26.8 Å². The molecule has 0 radical (unpaired) electrons. The van der Waals surface area contributed by atoms with Crippen LogP contribution in [0.2, 0.25) is 0 Å². The van der Waals surface area contributed by atoms with Crippen molar-refractivity contribution in [3.05, 3.63) is 40.0 Å².